The normalized spacial score (nSPS) is 22.2. The van der Waals surface area contributed by atoms with Crippen molar-refractivity contribution in [3.8, 4) is 0 Å². The molecule has 0 aliphatic carbocycles. The van der Waals surface area contributed by atoms with Crippen molar-refractivity contribution in [2.24, 2.45) is 5.92 Å². The number of likely N-dealkylation sites (tertiary alicyclic amines) is 1. The van der Waals surface area contributed by atoms with Crippen LogP contribution >= 0.6 is 11.6 Å². The molecule has 2 fully saturated rings. The lowest BCUT2D eigenvalue weighted by Crippen LogP contribution is -2.54. The van der Waals surface area contributed by atoms with E-state index in [1.165, 1.54) is 17.7 Å². The monoisotopic (exact) mass is 473 g/mol. The first kappa shape index (κ1) is 24.1. The molecule has 2 atom stereocenters. The highest BCUT2D eigenvalue weighted by Gasteiger charge is 2.34. The van der Waals surface area contributed by atoms with Crippen LogP contribution in [-0.4, -0.2) is 61.1 Å². The van der Waals surface area contributed by atoms with Gasteiger partial charge in [-0.2, -0.15) is 0 Å². The highest BCUT2D eigenvalue weighted by atomic mass is 35.5. The number of carbonyl (C=O) groups is 1. The van der Waals surface area contributed by atoms with Gasteiger partial charge in [0.1, 0.15) is 5.82 Å². The van der Waals surface area contributed by atoms with Gasteiger partial charge in [-0.1, -0.05) is 35.9 Å². The highest BCUT2D eigenvalue weighted by Crippen LogP contribution is 2.28. The van der Waals surface area contributed by atoms with Crippen molar-refractivity contribution in [3.05, 3.63) is 70.5 Å². The number of amides is 1. The van der Waals surface area contributed by atoms with Crippen LogP contribution in [0.1, 0.15) is 30.4 Å². The molecular formula is C26H33ClFN3O2. The van der Waals surface area contributed by atoms with Gasteiger partial charge in [-0.15, -0.1) is 0 Å². The minimum absolute atomic E-state index is 0.0230. The van der Waals surface area contributed by atoms with Gasteiger partial charge in [-0.25, -0.2) is 4.39 Å². The molecule has 2 saturated heterocycles. The van der Waals surface area contributed by atoms with Gasteiger partial charge in [0.15, 0.2) is 0 Å². The number of carbonyl (C=O) groups excluding carboxylic acids is 1. The van der Waals surface area contributed by atoms with E-state index in [4.69, 9.17) is 16.3 Å². The Labute approximate surface area is 200 Å². The molecule has 0 radical (unpaired) electrons. The summed E-state index contributed by atoms with van der Waals surface area (Å²) in [4.78, 5) is 17.6. The number of benzene rings is 2. The number of nitrogens with one attached hydrogen (secondary N) is 1. The van der Waals surface area contributed by atoms with Crippen LogP contribution in [0.3, 0.4) is 0 Å². The van der Waals surface area contributed by atoms with Gasteiger partial charge in [-0.3, -0.25) is 14.6 Å². The van der Waals surface area contributed by atoms with Crippen molar-refractivity contribution in [1.82, 2.24) is 15.1 Å². The summed E-state index contributed by atoms with van der Waals surface area (Å²) in [6.45, 7) is 6.77. The molecule has 1 N–H and O–H groups in total. The molecule has 4 rings (SSSR count). The van der Waals surface area contributed by atoms with Crippen molar-refractivity contribution in [1.29, 1.82) is 0 Å². The maximum absolute atomic E-state index is 13.4. The number of nitrogens with zero attached hydrogens (tertiary/aromatic N) is 2. The molecule has 0 bridgehead atoms. The van der Waals surface area contributed by atoms with Crippen LogP contribution in [0.5, 0.6) is 0 Å². The van der Waals surface area contributed by atoms with Gasteiger partial charge < -0.3 is 10.1 Å². The summed E-state index contributed by atoms with van der Waals surface area (Å²) >= 11 is 6.04. The first-order valence-corrected chi connectivity index (χ1v) is 12.2. The van der Waals surface area contributed by atoms with Gasteiger partial charge in [0.25, 0.3) is 0 Å². The van der Waals surface area contributed by atoms with E-state index in [-0.39, 0.29) is 11.7 Å². The molecule has 2 aromatic carbocycles. The molecule has 7 heteroatoms. The first-order valence-electron chi connectivity index (χ1n) is 11.9. The Morgan fingerprint density at radius 2 is 1.88 bits per heavy atom. The molecule has 5 nitrogen and oxygen atoms in total. The molecule has 33 heavy (non-hydrogen) atoms. The third kappa shape index (κ3) is 7.24. The van der Waals surface area contributed by atoms with Crippen LogP contribution in [0.25, 0.3) is 0 Å². The Morgan fingerprint density at radius 1 is 1.09 bits per heavy atom. The summed E-state index contributed by atoms with van der Waals surface area (Å²) in [7, 11) is 0. The summed E-state index contributed by atoms with van der Waals surface area (Å²) in [6, 6.07) is 14.9. The van der Waals surface area contributed by atoms with Crippen LogP contribution in [-0.2, 0) is 22.6 Å². The van der Waals surface area contributed by atoms with Crippen molar-refractivity contribution < 1.29 is 13.9 Å². The minimum Gasteiger partial charge on any atom is -0.379 e. The van der Waals surface area contributed by atoms with Crippen LogP contribution in [0, 0.1) is 11.7 Å². The third-order valence-corrected chi connectivity index (χ3v) is 6.98. The highest BCUT2D eigenvalue weighted by molar-refractivity contribution is 6.30. The fourth-order valence-electron chi connectivity index (χ4n) is 5.01. The SMILES string of the molecule is O=C(CC[C@H]1CN(Cc2ccc(Cl)cc2)CC[C@H]1N1CCOCC1)NCc1cccc(F)c1. The number of hydrogen-bond acceptors (Lipinski definition) is 4. The topological polar surface area (TPSA) is 44.8 Å². The summed E-state index contributed by atoms with van der Waals surface area (Å²) in [5.41, 5.74) is 2.04. The average Bonchev–Trinajstić information content (AvgIpc) is 2.83. The summed E-state index contributed by atoms with van der Waals surface area (Å²) in [5, 5.41) is 3.71. The van der Waals surface area contributed by atoms with E-state index in [2.05, 4.69) is 27.2 Å². The maximum atomic E-state index is 13.4. The van der Waals surface area contributed by atoms with Gasteiger partial charge >= 0.3 is 0 Å². The second-order valence-corrected chi connectivity index (χ2v) is 9.51. The van der Waals surface area contributed by atoms with E-state index < -0.39 is 0 Å². The van der Waals surface area contributed by atoms with Crippen LogP contribution in [0.2, 0.25) is 5.02 Å². The lowest BCUT2D eigenvalue weighted by Gasteiger charge is -2.45. The lowest BCUT2D eigenvalue weighted by molar-refractivity contribution is -0.121. The molecule has 0 unspecified atom stereocenters. The number of morpholine rings is 1. The molecule has 2 aliphatic heterocycles. The van der Waals surface area contributed by atoms with Crippen LogP contribution < -0.4 is 5.32 Å². The van der Waals surface area contributed by atoms with E-state index in [0.717, 1.165) is 69.4 Å². The molecule has 0 saturated carbocycles. The molecule has 178 valence electrons. The minimum atomic E-state index is -0.280. The number of piperidine rings is 1. The largest absolute Gasteiger partial charge is 0.379 e. The third-order valence-electron chi connectivity index (χ3n) is 6.73. The van der Waals surface area contributed by atoms with Gasteiger partial charge in [-0.05, 0) is 60.7 Å². The standard InChI is InChI=1S/C26H33ClFN3O2/c27-23-7-4-20(5-8-23)18-30-11-10-25(31-12-14-33-15-13-31)22(19-30)6-9-26(32)29-17-21-2-1-3-24(28)16-21/h1-5,7-8,16,22,25H,6,9-15,17-19H2,(H,29,32)/t22-,25+/m0/s1. The van der Waals surface area contributed by atoms with E-state index in [0.29, 0.717) is 24.9 Å². The summed E-state index contributed by atoms with van der Waals surface area (Å²) < 4.78 is 18.9. The van der Waals surface area contributed by atoms with Crippen molar-refractivity contribution in [2.75, 3.05) is 39.4 Å². The van der Waals surface area contributed by atoms with E-state index >= 15 is 0 Å². The smallest absolute Gasteiger partial charge is 0.220 e. The van der Waals surface area contributed by atoms with Crippen molar-refractivity contribution >= 4 is 17.5 Å². The predicted octanol–water partition coefficient (Wildman–Crippen LogP) is 4.10. The lowest BCUT2D eigenvalue weighted by atomic mass is 9.86. The van der Waals surface area contributed by atoms with Crippen LogP contribution in [0.4, 0.5) is 4.39 Å². The van der Waals surface area contributed by atoms with Crippen LogP contribution in [0.15, 0.2) is 48.5 Å². The second-order valence-electron chi connectivity index (χ2n) is 9.07. The van der Waals surface area contributed by atoms with Gasteiger partial charge in [0.2, 0.25) is 5.91 Å². The van der Waals surface area contributed by atoms with Crippen molar-refractivity contribution in [2.45, 2.75) is 38.4 Å². The first-order chi connectivity index (χ1) is 16.1. The number of halogens is 2. The fraction of sp³-hybridized carbons (Fsp3) is 0.500. The van der Waals surface area contributed by atoms with Gasteiger partial charge in [0, 0.05) is 50.2 Å². The van der Waals surface area contributed by atoms with E-state index in [1.54, 1.807) is 6.07 Å². The predicted molar refractivity (Wildman–Crippen MR) is 128 cm³/mol. The zero-order valence-electron chi connectivity index (χ0n) is 19.0. The zero-order valence-corrected chi connectivity index (χ0v) is 19.8. The molecule has 0 aromatic heterocycles. The Balaban J connectivity index is 1.33. The molecule has 2 aliphatic rings. The second kappa shape index (κ2) is 11.9. The molecule has 0 spiro atoms. The number of rotatable bonds is 8. The Bertz CT molecular complexity index is 905. The summed E-state index contributed by atoms with van der Waals surface area (Å²) in [6.07, 6.45) is 2.42. The zero-order chi connectivity index (χ0) is 23.0. The van der Waals surface area contributed by atoms with E-state index in [1.807, 2.05) is 18.2 Å². The quantitative estimate of drug-likeness (QED) is 0.627. The van der Waals surface area contributed by atoms with E-state index in [9.17, 15) is 9.18 Å². The Morgan fingerprint density at radius 3 is 2.64 bits per heavy atom. The molecular weight excluding hydrogens is 441 g/mol. The Hall–Kier alpha value is -1.99. The molecule has 2 aromatic rings. The van der Waals surface area contributed by atoms with Crippen molar-refractivity contribution in [3.63, 3.8) is 0 Å². The summed E-state index contributed by atoms with van der Waals surface area (Å²) in [5.74, 6) is 0.164. The maximum Gasteiger partial charge on any atom is 0.220 e. The Kier molecular flexibility index (Phi) is 8.73. The average molecular weight is 474 g/mol. The van der Waals surface area contributed by atoms with Gasteiger partial charge in [0.05, 0.1) is 13.2 Å². The molecule has 2 heterocycles. The molecule has 1 amide bonds. The fourth-order valence-corrected chi connectivity index (χ4v) is 5.14. The number of ether oxygens (including phenoxy) is 1. The number of hydrogen-bond donors (Lipinski definition) is 1.